The van der Waals surface area contributed by atoms with Crippen molar-refractivity contribution in [3.8, 4) is 11.5 Å². The molecule has 1 aromatic heterocycles. The van der Waals surface area contributed by atoms with Crippen molar-refractivity contribution in [3.63, 3.8) is 0 Å². The van der Waals surface area contributed by atoms with Gasteiger partial charge in [0.05, 0.1) is 11.1 Å². The molecule has 6 heteroatoms. The minimum atomic E-state index is -0.689. The number of rotatable bonds is 4. The van der Waals surface area contributed by atoms with Gasteiger partial charge in [0.15, 0.2) is 11.5 Å². The number of imidazole rings is 1. The fourth-order valence-corrected chi connectivity index (χ4v) is 2.71. The van der Waals surface area contributed by atoms with Crippen LogP contribution in [0.1, 0.15) is 24.4 Å². The molecule has 0 saturated heterocycles. The van der Waals surface area contributed by atoms with Gasteiger partial charge in [0.1, 0.15) is 19.0 Å². The molecule has 1 unspecified atom stereocenters. The van der Waals surface area contributed by atoms with Crippen LogP contribution >= 0.6 is 11.6 Å². The lowest BCUT2D eigenvalue weighted by Gasteiger charge is -2.21. The molecule has 0 amide bonds. The second-order valence-electron chi connectivity index (χ2n) is 4.88. The first kappa shape index (κ1) is 14.2. The molecule has 1 atom stereocenters. The number of aryl methyl sites for hydroxylation is 1. The maximum atomic E-state index is 10.4. The zero-order valence-electron chi connectivity index (χ0n) is 11.8. The monoisotopic (exact) mass is 308 g/mol. The van der Waals surface area contributed by atoms with Crippen molar-refractivity contribution in [2.45, 2.75) is 26.0 Å². The van der Waals surface area contributed by atoms with Crippen LogP contribution in [0.25, 0.3) is 0 Å². The van der Waals surface area contributed by atoms with E-state index in [1.807, 2.05) is 17.7 Å². The molecule has 21 heavy (non-hydrogen) atoms. The van der Waals surface area contributed by atoms with Crippen molar-refractivity contribution in [1.29, 1.82) is 0 Å². The Morgan fingerprint density at radius 2 is 2.19 bits per heavy atom. The highest BCUT2D eigenvalue weighted by atomic mass is 35.5. The van der Waals surface area contributed by atoms with E-state index in [4.69, 9.17) is 21.1 Å². The van der Waals surface area contributed by atoms with E-state index in [0.29, 0.717) is 41.7 Å². The van der Waals surface area contributed by atoms with Crippen LogP contribution in [0.15, 0.2) is 24.5 Å². The number of fused-ring (bicyclic) bond motifs is 1. The Bertz CT molecular complexity index is 642. The number of halogens is 1. The minimum absolute atomic E-state index is 0.427. The third-order valence-electron chi connectivity index (χ3n) is 3.52. The number of aliphatic hydroxyl groups excluding tert-OH is 1. The van der Waals surface area contributed by atoms with Gasteiger partial charge in [-0.15, -0.1) is 0 Å². The van der Waals surface area contributed by atoms with Crippen LogP contribution in [0.5, 0.6) is 11.5 Å². The van der Waals surface area contributed by atoms with Gasteiger partial charge in [-0.25, -0.2) is 4.98 Å². The molecule has 0 aliphatic carbocycles. The Balaban J connectivity index is 1.84. The van der Waals surface area contributed by atoms with E-state index in [9.17, 15) is 5.11 Å². The molecule has 0 radical (unpaired) electrons. The topological polar surface area (TPSA) is 56.5 Å². The Morgan fingerprint density at radius 3 is 3.00 bits per heavy atom. The summed E-state index contributed by atoms with van der Waals surface area (Å²) in [6.07, 6.45) is 3.38. The van der Waals surface area contributed by atoms with Gasteiger partial charge in [0.25, 0.3) is 0 Å². The van der Waals surface area contributed by atoms with Crippen LogP contribution in [0.3, 0.4) is 0 Å². The summed E-state index contributed by atoms with van der Waals surface area (Å²) in [5.41, 5.74) is 0.704. The van der Waals surface area contributed by atoms with Gasteiger partial charge in [0.2, 0.25) is 0 Å². The maximum absolute atomic E-state index is 10.4. The predicted octanol–water partition coefficient (Wildman–Crippen LogP) is 2.60. The second kappa shape index (κ2) is 5.95. The van der Waals surface area contributed by atoms with Crippen LogP contribution in [0, 0.1) is 0 Å². The summed E-state index contributed by atoms with van der Waals surface area (Å²) in [5.74, 6) is 1.98. The van der Waals surface area contributed by atoms with Crippen molar-refractivity contribution in [3.05, 3.63) is 40.9 Å². The highest BCUT2D eigenvalue weighted by Gasteiger charge is 2.20. The molecule has 0 bridgehead atoms. The number of hydrogen-bond donors (Lipinski definition) is 1. The van der Waals surface area contributed by atoms with Crippen LogP contribution in [0.4, 0.5) is 0 Å². The number of nitrogens with zero attached hydrogens (tertiary/aromatic N) is 2. The van der Waals surface area contributed by atoms with Crippen molar-refractivity contribution in [1.82, 2.24) is 9.55 Å². The van der Waals surface area contributed by atoms with Gasteiger partial charge in [-0.2, -0.15) is 0 Å². The molecular formula is C15H17ClN2O3. The zero-order valence-corrected chi connectivity index (χ0v) is 12.5. The lowest BCUT2D eigenvalue weighted by Crippen LogP contribution is -2.16. The fraction of sp³-hybridized carbons (Fsp3) is 0.400. The number of aromatic nitrogens is 2. The van der Waals surface area contributed by atoms with Crippen LogP contribution in [-0.2, 0) is 13.0 Å². The van der Waals surface area contributed by atoms with Crippen LogP contribution < -0.4 is 9.47 Å². The molecule has 2 aromatic rings. The Morgan fingerprint density at radius 1 is 1.38 bits per heavy atom. The van der Waals surface area contributed by atoms with E-state index in [1.54, 1.807) is 18.3 Å². The molecule has 2 heterocycles. The highest BCUT2D eigenvalue weighted by Crippen LogP contribution is 2.40. The van der Waals surface area contributed by atoms with Gasteiger partial charge in [-0.1, -0.05) is 11.6 Å². The van der Waals surface area contributed by atoms with E-state index in [0.717, 1.165) is 12.4 Å². The summed E-state index contributed by atoms with van der Waals surface area (Å²) in [4.78, 5) is 4.28. The van der Waals surface area contributed by atoms with Crippen molar-refractivity contribution >= 4 is 11.6 Å². The third-order valence-corrected chi connectivity index (χ3v) is 3.80. The number of benzene rings is 1. The van der Waals surface area contributed by atoms with Gasteiger partial charge in [-0.3, -0.25) is 0 Å². The van der Waals surface area contributed by atoms with E-state index in [-0.39, 0.29) is 0 Å². The smallest absolute Gasteiger partial charge is 0.179 e. The zero-order chi connectivity index (χ0) is 14.8. The Hall–Kier alpha value is -1.72. The summed E-state index contributed by atoms with van der Waals surface area (Å²) >= 11 is 6.19. The van der Waals surface area contributed by atoms with Gasteiger partial charge in [0, 0.05) is 25.4 Å². The molecule has 3 rings (SSSR count). The lowest BCUT2D eigenvalue weighted by molar-refractivity contribution is 0.163. The van der Waals surface area contributed by atoms with E-state index in [1.165, 1.54) is 0 Å². The summed E-state index contributed by atoms with van der Waals surface area (Å²) in [6, 6.07) is 3.50. The molecule has 0 fully saturated rings. The molecule has 1 aromatic carbocycles. The number of hydrogen-bond acceptors (Lipinski definition) is 4. The summed E-state index contributed by atoms with van der Waals surface area (Å²) in [6.45, 7) is 3.84. The molecular weight excluding hydrogens is 292 g/mol. The van der Waals surface area contributed by atoms with Gasteiger partial charge >= 0.3 is 0 Å². The van der Waals surface area contributed by atoms with Crippen molar-refractivity contribution in [2.75, 3.05) is 13.2 Å². The maximum Gasteiger partial charge on any atom is 0.179 e. The first-order chi connectivity index (χ1) is 10.2. The minimum Gasteiger partial charge on any atom is -0.486 e. The Labute approximate surface area is 128 Å². The molecule has 1 aliphatic heterocycles. The van der Waals surface area contributed by atoms with E-state index < -0.39 is 6.10 Å². The molecule has 1 N–H and O–H groups in total. The first-order valence-electron chi connectivity index (χ1n) is 6.96. The number of ether oxygens (including phenoxy) is 2. The predicted molar refractivity (Wildman–Crippen MR) is 79.0 cm³/mol. The van der Waals surface area contributed by atoms with E-state index in [2.05, 4.69) is 4.98 Å². The fourth-order valence-electron chi connectivity index (χ4n) is 2.43. The summed E-state index contributed by atoms with van der Waals surface area (Å²) < 4.78 is 13.0. The van der Waals surface area contributed by atoms with Crippen LogP contribution in [0.2, 0.25) is 5.02 Å². The standard InChI is InChI=1S/C15H17ClN2O3/c1-2-18-4-3-17-14(18)9-12(19)10-7-11(16)15-13(8-10)20-5-6-21-15/h3-4,7-8,12,19H,2,5-6,9H2,1H3. The van der Waals surface area contributed by atoms with Gasteiger partial charge < -0.3 is 19.1 Å². The highest BCUT2D eigenvalue weighted by molar-refractivity contribution is 6.32. The molecule has 1 aliphatic rings. The molecule has 112 valence electrons. The van der Waals surface area contributed by atoms with Crippen molar-refractivity contribution in [2.24, 2.45) is 0 Å². The average Bonchev–Trinajstić information content (AvgIpc) is 2.94. The summed E-state index contributed by atoms with van der Waals surface area (Å²) in [7, 11) is 0. The Kier molecular flexibility index (Phi) is 4.03. The van der Waals surface area contributed by atoms with Crippen molar-refractivity contribution < 1.29 is 14.6 Å². The van der Waals surface area contributed by atoms with Crippen LogP contribution in [-0.4, -0.2) is 27.9 Å². The van der Waals surface area contributed by atoms with Gasteiger partial charge in [-0.05, 0) is 24.6 Å². The largest absolute Gasteiger partial charge is 0.486 e. The summed E-state index contributed by atoms with van der Waals surface area (Å²) in [5, 5.41) is 10.9. The third kappa shape index (κ3) is 2.84. The molecule has 5 nitrogen and oxygen atoms in total. The second-order valence-corrected chi connectivity index (χ2v) is 5.28. The number of aliphatic hydroxyl groups is 1. The molecule has 0 spiro atoms. The first-order valence-corrected chi connectivity index (χ1v) is 7.34. The lowest BCUT2D eigenvalue weighted by atomic mass is 10.1. The average molecular weight is 309 g/mol. The SMILES string of the molecule is CCn1ccnc1CC(O)c1cc(Cl)c2c(c1)OCCO2. The van der Waals surface area contributed by atoms with E-state index >= 15 is 0 Å². The normalized spacial score (nSPS) is 15.0. The molecule has 0 saturated carbocycles. The quantitative estimate of drug-likeness (QED) is 0.943.